The van der Waals surface area contributed by atoms with E-state index in [1.807, 2.05) is 23.6 Å². The molecular weight excluding hydrogens is 198 g/mol. The first kappa shape index (κ1) is 9.39. The fourth-order valence-electron chi connectivity index (χ4n) is 1.18. The Hall–Kier alpha value is -1.17. The molecule has 0 radical (unpaired) electrons. The van der Waals surface area contributed by atoms with Gasteiger partial charge in [-0.1, -0.05) is 6.07 Å². The van der Waals surface area contributed by atoms with Gasteiger partial charge in [-0.05, 0) is 17.5 Å². The van der Waals surface area contributed by atoms with Crippen molar-refractivity contribution in [2.24, 2.45) is 5.73 Å². The summed E-state index contributed by atoms with van der Waals surface area (Å²) in [6, 6.07) is 5.46. The smallest absolute Gasteiger partial charge is 0.102 e. The molecule has 14 heavy (non-hydrogen) atoms. The number of nitrogens with zero attached hydrogens (tertiary/aromatic N) is 1. The third-order valence-electron chi connectivity index (χ3n) is 1.97. The van der Waals surface area contributed by atoms with Crippen molar-refractivity contribution in [1.29, 1.82) is 0 Å². The SMILES string of the molecule is NC(CO)c1cc(-c2cccs2)n[nH]1. The average molecular weight is 209 g/mol. The van der Waals surface area contributed by atoms with E-state index in [0.717, 1.165) is 16.3 Å². The first-order chi connectivity index (χ1) is 6.81. The zero-order valence-corrected chi connectivity index (χ0v) is 8.29. The number of aliphatic hydroxyl groups excluding tert-OH is 1. The molecule has 5 heteroatoms. The number of nitrogens with two attached hydrogens (primary N) is 1. The maximum absolute atomic E-state index is 8.86. The highest BCUT2D eigenvalue weighted by molar-refractivity contribution is 7.13. The van der Waals surface area contributed by atoms with E-state index in [0.29, 0.717) is 0 Å². The minimum atomic E-state index is -0.379. The monoisotopic (exact) mass is 209 g/mol. The number of H-pyrrole nitrogens is 1. The topological polar surface area (TPSA) is 74.9 Å². The van der Waals surface area contributed by atoms with Crippen LogP contribution in [0.2, 0.25) is 0 Å². The predicted molar refractivity (Wildman–Crippen MR) is 55.9 cm³/mol. The zero-order valence-electron chi connectivity index (χ0n) is 7.47. The molecular formula is C9H11N3OS. The molecule has 2 aromatic heterocycles. The van der Waals surface area contributed by atoms with E-state index < -0.39 is 0 Å². The molecule has 2 aromatic rings. The van der Waals surface area contributed by atoms with Crippen LogP contribution < -0.4 is 5.73 Å². The molecule has 0 aliphatic heterocycles. The standard InChI is InChI=1S/C9H11N3OS/c10-6(5-13)7-4-8(12-11-7)9-2-1-3-14-9/h1-4,6,13H,5,10H2,(H,11,12). The maximum atomic E-state index is 8.86. The Bertz CT molecular complexity index is 396. The van der Waals surface area contributed by atoms with Crippen molar-refractivity contribution in [3.05, 3.63) is 29.3 Å². The number of aliphatic hydroxyl groups is 1. The lowest BCUT2D eigenvalue weighted by atomic mass is 10.2. The van der Waals surface area contributed by atoms with Crippen LogP contribution in [0.15, 0.2) is 23.6 Å². The molecule has 74 valence electrons. The number of thiophene rings is 1. The van der Waals surface area contributed by atoms with Crippen molar-refractivity contribution in [3.63, 3.8) is 0 Å². The van der Waals surface area contributed by atoms with E-state index >= 15 is 0 Å². The highest BCUT2D eigenvalue weighted by atomic mass is 32.1. The van der Waals surface area contributed by atoms with Crippen LogP contribution in [0.5, 0.6) is 0 Å². The van der Waals surface area contributed by atoms with Crippen molar-refractivity contribution in [2.75, 3.05) is 6.61 Å². The number of hydrogen-bond donors (Lipinski definition) is 3. The van der Waals surface area contributed by atoms with Gasteiger partial charge in [-0.3, -0.25) is 5.10 Å². The van der Waals surface area contributed by atoms with E-state index in [2.05, 4.69) is 10.2 Å². The van der Waals surface area contributed by atoms with Crippen LogP contribution >= 0.6 is 11.3 Å². The molecule has 0 bridgehead atoms. The number of nitrogens with one attached hydrogen (secondary N) is 1. The van der Waals surface area contributed by atoms with Crippen LogP contribution in [-0.4, -0.2) is 21.9 Å². The molecule has 0 saturated carbocycles. The van der Waals surface area contributed by atoms with Gasteiger partial charge in [0.1, 0.15) is 5.69 Å². The fraction of sp³-hybridized carbons (Fsp3) is 0.222. The summed E-state index contributed by atoms with van der Waals surface area (Å²) >= 11 is 1.62. The highest BCUT2D eigenvalue weighted by Crippen LogP contribution is 2.24. The van der Waals surface area contributed by atoms with Crippen LogP contribution in [0.4, 0.5) is 0 Å². The van der Waals surface area contributed by atoms with E-state index in [9.17, 15) is 0 Å². The largest absolute Gasteiger partial charge is 0.394 e. The molecule has 0 fully saturated rings. The van der Waals surface area contributed by atoms with Gasteiger partial charge in [-0.25, -0.2) is 0 Å². The molecule has 0 aliphatic carbocycles. The molecule has 0 amide bonds. The summed E-state index contributed by atoms with van der Waals surface area (Å²) in [4.78, 5) is 1.10. The first-order valence-electron chi connectivity index (χ1n) is 4.27. The summed E-state index contributed by atoms with van der Waals surface area (Å²) < 4.78 is 0. The highest BCUT2D eigenvalue weighted by Gasteiger charge is 2.09. The van der Waals surface area contributed by atoms with Gasteiger partial charge in [-0.2, -0.15) is 5.10 Å². The molecule has 0 spiro atoms. The van der Waals surface area contributed by atoms with Gasteiger partial charge >= 0.3 is 0 Å². The van der Waals surface area contributed by atoms with E-state index in [1.165, 1.54) is 0 Å². The lowest BCUT2D eigenvalue weighted by Gasteiger charge is -2.02. The second kappa shape index (κ2) is 3.91. The molecule has 2 heterocycles. The molecule has 1 unspecified atom stereocenters. The Kier molecular flexibility index (Phi) is 2.62. The summed E-state index contributed by atoms with van der Waals surface area (Å²) in [5, 5.41) is 17.8. The second-order valence-electron chi connectivity index (χ2n) is 2.97. The average Bonchev–Trinajstić information content (AvgIpc) is 2.86. The Morgan fingerprint density at radius 3 is 3.14 bits per heavy atom. The Balaban J connectivity index is 2.26. The minimum absolute atomic E-state index is 0.0773. The summed E-state index contributed by atoms with van der Waals surface area (Å²) in [5.74, 6) is 0. The number of rotatable bonds is 3. The molecule has 0 saturated heterocycles. The summed E-state index contributed by atoms with van der Waals surface area (Å²) in [6.07, 6.45) is 0. The van der Waals surface area contributed by atoms with Gasteiger partial charge in [-0.15, -0.1) is 11.3 Å². The summed E-state index contributed by atoms with van der Waals surface area (Å²) in [6.45, 7) is -0.0773. The summed E-state index contributed by atoms with van der Waals surface area (Å²) in [7, 11) is 0. The van der Waals surface area contributed by atoms with E-state index in [4.69, 9.17) is 10.8 Å². The third-order valence-corrected chi connectivity index (χ3v) is 2.86. The number of aromatic nitrogens is 2. The van der Waals surface area contributed by atoms with Gasteiger partial charge in [0.05, 0.1) is 23.2 Å². The Labute approximate surface area is 85.4 Å². The number of hydrogen-bond acceptors (Lipinski definition) is 4. The van der Waals surface area contributed by atoms with Crippen LogP contribution in [0.1, 0.15) is 11.7 Å². The third kappa shape index (κ3) is 1.70. The van der Waals surface area contributed by atoms with Gasteiger partial charge < -0.3 is 10.8 Å². The molecule has 2 rings (SSSR count). The summed E-state index contributed by atoms with van der Waals surface area (Å²) in [5.41, 5.74) is 7.28. The lowest BCUT2D eigenvalue weighted by molar-refractivity contribution is 0.266. The normalized spacial score (nSPS) is 13.0. The van der Waals surface area contributed by atoms with Crippen molar-refractivity contribution in [2.45, 2.75) is 6.04 Å². The van der Waals surface area contributed by atoms with Crippen molar-refractivity contribution < 1.29 is 5.11 Å². The van der Waals surface area contributed by atoms with Gasteiger partial charge in [0, 0.05) is 0 Å². The maximum Gasteiger partial charge on any atom is 0.102 e. The number of aromatic amines is 1. The molecule has 0 aromatic carbocycles. The van der Waals surface area contributed by atoms with Crippen LogP contribution in [0.25, 0.3) is 10.6 Å². The van der Waals surface area contributed by atoms with Crippen LogP contribution in [0.3, 0.4) is 0 Å². The van der Waals surface area contributed by atoms with Gasteiger partial charge in [0.25, 0.3) is 0 Å². The molecule has 0 aliphatic rings. The Morgan fingerprint density at radius 1 is 1.64 bits per heavy atom. The molecule has 4 N–H and O–H groups in total. The Morgan fingerprint density at radius 2 is 2.50 bits per heavy atom. The van der Waals surface area contributed by atoms with Crippen molar-refractivity contribution in [1.82, 2.24) is 10.2 Å². The molecule has 4 nitrogen and oxygen atoms in total. The molecule has 1 atom stereocenters. The minimum Gasteiger partial charge on any atom is -0.394 e. The van der Waals surface area contributed by atoms with Gasteiger partial charge in [0.15, 0.2) is 0 Å². The van der Waals surface area contributed by atoms with Crippen LogP contribution in [-0.2, 0) is 0 Å². The zero-order chi connectivity index (χ0) is 9.97. The van der Waals surface area contributed by atoms with Crippen molar-refractivity contribution in [3.8, 4) is 10.6 Å². The van der Waals surface area contributed by atoms with E-state index in [-0.39, 0.29) is 12.6 Å². The second-order valence-corrected chi connectivity index (χ2v) is 3.92. The fourth-order valence-corrected chi connectivity index (χ4v) is 1.86. The van der Waals surface area contributed by atoms with Crippen molar-refractivity contribution >= 4 is 11.3 Å². The first-order valence-corrected chi connectivity index (χ1v) is 5.15. The van der Waals surface area contributed by atoms with Gasteiger partial charge in [0.2, 0.25) is 0 Å². The van der Waals surface area contributed by atoms with Crippen LogP contribution in [0, 0.1) is 0 Å². The van der Waals surface area contributed by atoms with E-state index in [1.54, 1.807) is 11.3 Å². The lowest BCUT2D eigenvalue weighted by Crippen LogP contribution is -2.14. The quantitative estimate of drug-likeness (QED) is 0.709. The predicted octanol–water partition coefficient (Wildman–Crippen LogP) is 1.13.